The molecule has 0 saturated carbocycles. The van der Waals surface area contributed by atoms with Gasteiger partial charge in [-0.3, -0.25) is 4.98 Å². The van der Waals surface area contributed by atoms with Crippen molar-refractivity contribution in [1.82, 2.24) is 4.98 Å². The summed E-state index contributed by atoms with van der Waals surface area (Å²) >= 11 is 0. The zero-order chi connectivity index (χ0) is 13.8. The Morgan fingerprint density at radius 3 is 2.68 bits per heavy atom. The minimum Gasteiger partial charge on any atom is -0.483 e. The third-order valence-corrected chi connectivity index (χ3v) is 2.98. The van der Waals surface area contributed by atoms with Crippen molar-refractivity contribution in [2.24, 2.45) is 5.73 Å². The predicted octanol–water partition coefficient (Wildman–Crippen LogP) is 2.92. The Morgan fingerprint density at radius 2 is 2.05 bits per heavy atom. The topological polar surface area (TPSA) is 48.1 Å². The van der Waals surface area contributed by atoms with Crippen LogP contribution in [-0.2, 0) is 0 Å². The number of nitrogens with zero attached hydrogens (tertiary/aromatic N) is 1. The quantitative estimate of drug-likeness (QED) is 0.919. The molecular formula is C15H17FN2O. The highest BCUT2D eigenvalue weighted by Crippen LogP contribution is 2.25. The third-order valence-electron chi connectivity index (χ3n) is 2.98. The number of pyridine rings is 1. The molecule has 0 bridgehead atoms. The Kier molecular flexibility index (Phi) is 4.12. The number of benzene rings is 1. The summed E-state index contributed by atoms with van der Waals surface area (Å²) in [7, 11) is 0. The minimum absolute atomic E-state index is 0.275. The van der Waals surface area contributed by atoms with Crippen LogP contribution in [0.1, 0.15) is 22.9 Å². The van der Waals surface area contributed by atoms with Gasteiger partial charge in [0.25, 0.3) is 0 Å². The second-order valence-corrected chi connectivity index (χ2v) is 4.46. The van der Waals surface area contributed by atoms with Crippen molar-refractivity contribution in [3.8, 4) is 5.75 Å². The van der Waals surface area contributed by atoms with E-state index in [-0.39, 0.29) is 11.9 Å². The van der Waals surface area contributed by atoms with E-state index in [1.54, 1.807) is 19.2 Å². The van der Waals surface area contributed by atoms with Crippen LogP contribution in [0.5, 0.6) is 5.75 Å². The minimum atomic E-state index is -0.328. The highest BCUT2D eigenvalue weighted by molar-refractivity contribution is 5.33. The molecule has 2 rings (SSSR count). The number of hydrogen-bond donors (Lipinski definition) is 1. The van der Waals surface area contributed by atoms with Gasteiger partial charge in [0.2, 0.25) is 0 Å². The molecule has 0 radical (unpaired) electrons. The molecule has 0 aliphatic carbocycles. The second-order valence-electron chi connectivity index (χ2n) is 4.46. The summed E-state index contributed by atoms with van der Waals surface area (Å²) in [5, 5.41) is 0. The summed E-state index contributed by atoms with van der Waals surface area (Å²) in [6.45, 7) is 4.08. The van der Waals surface area contributed by atoms with Crippen molar-refractivity contribution in [1.29, 1.82) is 0 Å². The molecule has 0 unspecified atom stereocenters. The summed E-state index contributed by atoms with van der Waals surface area (Å²) in [5.74, 6) is 0.352. The van der Waals surface area contributed by atoms with E-state index in [2.05, 4.69) is 4.98 Å². The lowest BCUT2D eigenvalue weighted by molar-refractivity contribution is 0.207. The van der Waals surface area contributed by atoms with E-state index >= 15 is 0 Å². The molecule has 4 heteroatoms. The number of hydrogen-bond acceptors (Lipinski definition) is 3. The molecule has 0 amide bonds. The lowest BCUT2D eigenvalue weighted by Gasteiger charge is -2.19. The van der Waals surface area contributed by atoms with Crippen molar-refractivity contribution >= 4 is 0 Å². The highest BCUT2D eigenvalue weighted by atomic mass is 19.1. The van der Waals surface area contributed by atoms with Crippen molar-refractivity contribution in [2.75, 3.05) is 6.54 Å². The van der Waals surface area contributed by atoms with Crippen LogP contribution < -0.4 is 10.5 Å². The summed E-state index contributed by atoms with van der Waals surface area (Å²) in [5.41, 5.74) is 8.34. The maximum absolute atomic E-state index is 13.1. The largest absolute Gasteiger partial charge is 0.483 e. The number of ether oxygens (including phenoxy) is 1. The predicted molar refractivity (Wildman–Crippen MR) is 72.5 cm³/mol. The number of rotatable bonds is 4. The average Bonchev–Trinajstić information content (AvgIpc) is 2.39. The van der Waals surface area contributed by atoms with Crippen LogP contribution in [0.2, 0.25) is 0 Å². The average molecular weight is 260 g/mol. The van der Waals surface area contributed by atoms with E-state index in [0.717, 1.165) is 16.8 Å². The van der Waals surface area contributed by atoms with Gasteiger partial charge < -0.3 is 10.5 Å². The lowest BCUT2D eigenvalue weighted by Crippen LogP contribution is -2.21. The first-order valence-electron chi connectivity index (χ1n) is 6.16. The van der Waals surface area contributed by atoms with Crippen LogP contribution in [0.3, 0.4) is 0 Å². The number of nitrogens with two attached hydrogens (primary N) is 1. The SMILES string of the molecule is Cc1cc(F)ccc1O[C@@H](CN)c1ncccc1C. The molecule has 1 aromatic heterocycles. The van der Waals surface area contributed by atoms with Crippen LogP contribution in [0.4, 0.5) is 4.39 Å². The fraction of sp³-hybridized carbons (Fsp3) is 0.267. The van der Waals surface area contributed by atoms with Gasteiger partial charge in [-0.25, -0.2) is 4.39 Å². The molecule has 2 aromatic rings. The summed E-state index contributed by atoms with van der Waals surface area (Å²) in [6.07, 6.45) is 1.39. The van der Waals surface area contributed by atoms with E-state index < -0.39 is 0 Å². The van der Waals surface area contributed by atoms with Gasteiger partial charge in [-0.1, -0.05) is 6.07 Å². The molecular weight excluding hydrogens is 243 g/mol. The normalized spacial score (nSPS) is 12.2. The first-order valence-corrected chi connectivity index (χ1v) is 6.16. The van der Waals surface area contributed by atoms with Crippen LogP contribution in [0.25, 0.3) is 0 Å². The fourth-order valence-corrected chi connectivity index (χ4v) is 1.95. The molecule has 0 saturated heterocycles. The zero-order valence-corrected chi connectivity index (χ0v) is 11.1. The molecule has 3 nitrogen and oxygen atoms in total. The van der Waals surface area contributed by atoms with Gasteiger partial charge in [0.15, 0.2) is 6.10 Å². The van der Waals surface area contributed by atoms with E-state index in [0.29, 0.717) is 12.3 Å². The van der Waals surface area contributed by atoms with Crippen LogP contribution >= 0.6 is 0 Å². The van der Waals surface area contributed by atoms with Crippen LogP contribution in [-0.4, -0.2) is 11.5 Å². The molecule has 1 atom stereocenters. The van der Waals surface area contributed by atoms with E-state index in [4.69, 9.17) is 10.5 Å². The van der Waals surface area contributed by atoms with E-state index in [1.807, 2.05) is 19.1 Å². The Morgan fingerprint density at radius 1 is 1.26 bits per heavy atom. The molecule has 0 aliphatic rings. The van der Waals surface area contributed by atoms with Crippen molar-refractivity contribution in [2.45, 2.75) is 20.0 Å². The first kappa shape index (κ1) is 13.5. The number of aromatic nitrogens is 1. The maximum atomic E-state index is 13.1. The molecule has 2 N–H and O–H groups in total. The van der Waals surface area contributed by atoms with E-state index in [9.17, 15) is 4.39 Å². The molecule has 0 spiro atoms. The van der Waals surface area contributed by atoms with Gasteiger partial charge in [0.1, 0.15) is 11.6 Å². The van der Waals surface area contributed by atoms with Gasteiger partial charge >= 0.3 is 0 Å². The molecule has 1 aromatic carbocycles. The van der Waals surface area contributed by atoms with Gasteiger partial charge in [0.05, 0.1) is 5.69 Å². The smallest absolute Gasteiger partial charge is 0.153 e. The maximum Gasteiger partial charge on any atom is 0.153 e. The fourth-order valence-electron chi connectivity index (χ4n) is 1.95. The molecule has 100 valence electrons. The Labute approximate surface area is 112 Å². The van der Waals surface area contributed by atoms with Gasteiger partial charge in [0, 0.05) is 12.7 Å². The van der Waals surface area contributed by atoms with Gasteiger partial charge in [-0.05, 0) is 49.2 Å². The number of aryl methyl sites for hydroxylation is 2. The zero-order valence-electron chi connectivity index (χ0n) is 11.1. The Balaban J connectivity index is 2.27. The van der Waals surface area contributed by atoms with Crippen LogP contribution in [0.15, 0.2) is 36.5 Å². The van der Waals surface area contributed by atoms with Gasteiger partial charge in [-0.15, -0.1) is 0 Å². The standard InChI is InChI=1S/C15H17FN2O/c1-10-4-3-7-18-15(10)14(9-17)19-13-6-5-12(16)8-11(13)2/h3-8,14H,9,17H2,1-2H3/t14-/m0/s1. The van der Waals surface area contributed by atoms with Crippen molar-refractivity contribution in [3.63, 3.8) is 0 Å². The van der Waals surface area contributed by atoms with Crippen molar-refractivity contribution in [3.05, 3.63) is 59.2 Å². The summed E-state index contributed by atoms with van der Waals surface area (Å²) in [6, 6.07) is 8.27. The lowest BCUT2D eigenvalue weighted by atomic mass is 10.1. The highest BCUT2D eigenvalue weighted by Gasteiger charge is 2.16. The molecule has 19 heavy (non-hydrogen) atoms. The third kappa shape index (κ3) is 3.09. The van der Waals surface area contributed by atoms with Gasteiger partial charge in [-0.2, -0.15) is 0 Å². The Hall–Kier alpha value is -1.94. The number of halogens is 1. The van der Waals surface area contributed by atoms with E-state index in [1.165, 1.54) is 12.1 Å². The monoisotopic (exact) mass is 260 g/mol. The summed E-state index contributed by atoms with van der Waals surface area (Å²) in [4.78, 5) is 4.31. The van der Waals surface area contributed by atoms with Crippen LogP contribution in [0, 0.1) is 19.7 Å². The molecule has 0 aliphatic heterocycles. The molecule has 1 heterocycles. The first-order chi connectivity index (χ1) is 9.11. The molecule has 0 fully saturated rings. The summed E-state index contributed by atoms with van der Waals surface area (Å²) < 4.78 is 18.9. The Bertz CT molecular complexity index is 572. The second kappa shape index (κ2) is 5.80. The van der Waals surface area contributed by atoms with Crippen molar-refractivity contribution < 1.29 is 9.13 Å².